The van der Waals surface area contributed by atoms with Crippen LogP contribution in [0.2, 0.25) is 0 Å². The van der Waals surface area contributed by atoms with Crippen LogP contribution in [0.25, 0.3) is 0 Å². The van der Waals surface area contributed by atoms with E-state index in [9.17, 15) is 9.59 Å². The lowest BCUT2D eigenvalue weighted by Gasteiger charge is -2.19. The fraction of sp³-hybridized carbons (Fsp3) is 0.500. The SMILES string of the molecule is C=CCOCCc1cc(CNC(=O)OCC)c(CCOCC=C)c(CNC(=O)OCC)c1. The minimum Gasteiger partial charge on any atom is -0.450 e. The summed E-state index contributed by atoms with van der Waals surface area (Å²) in [6.45, 7) is 13.9. The van der Waals surface area contributed by atoms with Crippen LogP contribution in [0, 0.1) is 0 Å². The minimum absolute atomic E-state index is 0.295. The van der Waals surface area contributed by atoms with Crippen molar-refractivity contribution in [2.24, 2.45) is 0 Å². The highest BCUT2D eigenvalue weighted by atomic mass is 16.6. The van der Waals surface area contributed by atoms with Gasteiger partial charge >= 0.3 is 12.2 Å². The Morgan fingerprint density at radius 1 is 0.844 bits per heavy atom. The van der Waals surface area contributed by atoms with Gasteiger partial charge in [-0.25, -0.2) is 9.59 Å². The van der Waals surface area contributed by atoms with Crippen molar-refractivity contribution in [1.82, 2.24) is 10.6 Å². The Balaban J connectivity index is 3.14. The second-order valence-electron chi connectivity index (χ2n) is 6.77. The number of benzene rings is 1. The zero-order chi connectivity index (χ0) is 23.6. The maximum Gasteiger partial charge on any atom is 0.407 e. The third-order valence-electron chi connectivity index (χ3n) is 4.39. The Kier molecular flexibility index (Phi) is 14.3. The predicted molar refractivity (Wildman–Crippen MR) is 124 cm³/mol. The maximum atomic E-state index is 11.9. The van der Waals surface area contributed by atoms with Crippen molar-refractivity contribution in [2.75, 3.05) is 39.6 Å². The van der Waals surface area contributed by atoms with E-state index < -0.39 is 12.2 Å². The van der Waals surface area contributed by atoms with Gasteiger partial charge in [0.2, 0.25) is 0 Å². The van der Waals surface area contributed by atoms with Crippen LogP contribution in [0.5, 0.6) is 0 Å². The molecule has 0 heterocycles. The molecule has 8 heteroatoms. The van der Waals surface area contributed by atoms with Crippen LogP contribution in [-0.2, 0) is 44.9 Å². The first-order valence-corrected chi connectivity index (χ1v) is 10.9. The monoisotopic (exact) mass is 448 g/mol. The molecule has 2 amide bonds. The van der Waals surface area contributed by atoms with Gasteiger partial charge in [0.05, 0.1) is 39.6 Å². The Hall–Kier alpha value is -2.84. The van der Waals surface area contributed by atoms with Crippen molar-refractivity contribution in [2.45, 2.75) is 39.8 Å². The Morgan fingerprint density at radius 2 is 1.31 bits per heavy atom. The van der Waals surface area contributed by atoms with Crippen LogP contribution < -0.4 is 10.6 Å². The second-order valence-corrected chi connectivity index (χ2v) is 6.77. The van der Waals surface area contributed by atoms with E-state index in [1.165, 1.54) is 0 Å². The highest BCUT2D eigenvalue weighted by Crippen LogP contribution is 2.20. The third-order valence-corrected chi connectivity index (χ3v) is 4.39. The van der Waals surface area contributed by atoms with Crippen LogP contribution in [0.3, 0.4) is 0 Å². The van der Waals surface area contributed by atoms with E-state index in [0.717, 1.165) is 22.3 Å². The highest BCUT2D eigenvalue weighted by molar-refractivity contribution is 5.68. The molecule has 0 fully saturated rings. The molecule has 0 aliphatic carbocycles. The summed E-state index contributed by atoms with van der Waals surface area (Å²) >= 11 is 0. The summed E-state index contributed by atoms with van der Waals surface area (Å²) in [6, 6.07) is 4.08. The van der Waals surface area contributed by atoms with Gasteiger partial charge in [0.25, 0.3) is 0 Å². The second kappa shape index (κ2) is 16.8. The number of carbonyl (C=O) groups is 2. The van der Waals surface area contributed by atoms with E-state index in [2.05, 4.69) is 23.8 Å². The molecule has 178 valence electrons. The molecule has 0 aliphatic heterocycles. The third kappa shape index (κ3) is 11.0. The lowest BCUT2D eigenvalue weighted by atomic mass is 9.94. The molecule has 8 nitrogen and oxygen atoms in total. The summed E-state index contributed by atoms with van der Waals surface area (Å²) < 4.78 is 21.1. The van der Waals surface area contributed by atoms with E-state index in [1.807, 2.05) is 12.1 Å². The molecule has 0 aliphatic rings. The van der Waals surface area contributed by atoms with Crippen molar-refractivity contribution in [3.63, 3.8) is 0 Å². The lowest BCUT2D eigenvalue weighted by Crippen LogP contribution is -2.27. The maximum absolute atomic E-state index is 11.9. The first kappa shape index (κ1) is 27.2. The van der Waals surface area contributed by atoms with Gasteiger partial charge in [0.1, 0.15) is 0 Å². The topological polar surface area (TPSA) is 95.1 Å². The lowest BCUT2D eigenvalue weighted by molar-refractivity contribution is 0.151. The fourth-order valence-corrected chi connectivity index (χ4v) is 3.05. The summed E-state index contributed by atoms with van der Waals surface area (Å²) in [6.07, 6.45) is 3.73. The Bertz CT molecular complexity index is 692. The normalized spacial score (nSPS) is 10.3. The number of rotatable bonds is 16. The summed E-state index contributed by atoms with van der Waals surface area (Å²) in [5.74, 6) is 0. The number of hydrogen-bond donors (Lipinski definition) is 2. The molecule has 0 saturated carbocycles. The molecule has 0 spiro atoms. The van der Waals surface area contributed by atoms with Crippen LogP contribution in [0.15, 0.2) is 37.4 Å². The molecule has 1 rings (SSSR count). The molecule has 0 unspecified atom stereocenters. The number of ether oxygens (including phenoxy) is 4. The summed E-state index contributed by atoms with van der Waals surface area (Å²) in [5, 5.41) is 5.57. The molecule has 1 aromatic rings. The summed E-state index contributed by atoms with van der Waals surface area (Å²) in [5.41, 5.74) is 3.90. The number of amides is 2. The van der Waals surface area contributed by atoms with Gasteiger partial charge in [-0.3, -0.25) is 0 Å². The summed E-state index contributed by atoms with van der Waals surface area (Å²) in [7, 11) is 0. The van der Waals surface area contributed by atoms with Crippen molar-refractivity contribution in [3.05, 3.63) is 59.7 Å². The van der Waals surface area contributed by atoms with E-state index >= 15 is 0 Å². The quantitative estimate of drug-likeness (QED) is 0.296. The molecular weight excluding hydrogens is 412 g/mol. The van der Waals surface area contributed by atoms with Crippen LogP contribution in [0.4, 0.5) is 9.59 Å². The van der Waals surface area contributed by atoms with Gasteiger partial charge in [-0.2, -0.15) is 0 Å². The molecule has 32 heavy (non-hydrogen) atoms. The number of alkyl carbamates (subject to hydrolysis) is 2. The standard InChI is InChI=1S/C24H36N2O6/c1-5-11-29-13-9-19-15-20(17-25-23(27)31-7-3)22(10-14-30-12-6-2)21(16-19)18-26-24(28)32-8-4/h5-6,15-16H,1-2,7-14,17-18H2,3-4H3,(H,25,27)(H,26,28). The van der Waals surface area contributed by atoms with Crippen molar-refractivity contribution in [3.8, 4) is 0 Å². The Labute approximate surface area is 190 Å². The first-order chi connectivity index (χ1) is 15.5. The largest absolute Gasteiger partial charge is 0.450 e. The van der Waals surface area contributed by atoms with Gasteiger partial charge < -0.3 is 29.6 Å². The number of hydrogen-bond acceptors (Lipinski definition) is 6. The fourth-order valence-electron chi connectivity index (χ4n) is 3.05. The molecule has 0 atom stereocenters. The summed E-state index contributed by atoms with van der Waals surface area (Å²) in [4.78, 5) is 23.7. The molecule has 0 saturated heterocycles. The zero-order valence-electron chi connectivity index (χ0n) is 19.2. The van der Waals surface area contributed by atoms with Crippen LogP contribution in [-0.4, -0.2) is 51.8 Å². The molecule has 0 bridgehead atoms. The van der Waals surface area contributed by atoms with Gasteiger partial charge in [-0.1, -0.05) is 24.3 Å². The van der Waals surface area contributed by atoms with Gasteiger partial charge in [-0.15, -0.1) is 13.2 Å². The Morgan fingerprint density at radius 3 is 1.75 bits per heavy atom. The first-order valence-electron chi connectivity index (χ1n) is 10.9. The van der Waals surface area contributed by atoms with E-state index in [1.54, 1.807) is 26.0 Å². The molecular formula is C24H36N2O6. The van der Waals surface area contributed by atoms with Crippen molar-refractivity contribution >= 4 is 12.2 Å². The smallest absolute Gasteiger partial charge is 0.407 e. The minimum atomic E-state index is -0.479. The van der Waals surface area contributed by atoms with Crippen molar-refractivity contribution in [1.29, 1.82) is 0 Å². The van der Waals surface area contributed by atoms with Gasteiger partial charge in [0.15, 0.2) is 0 Å². The molecule has 2 N–H and O–H groups in total. The molecule has 0 aromatic heterocycles. The number of nitrogens with one attached hydrogen (secondary N) is 2. The van der Waals surface area contributed by atoms with Crippen LogP contribution >= 0.6 is 0 Å². The van der Waals surface area contributed by atoms with Crippen molar-refractivity contribution < 1.29 is 28.5 Å². The van der Waals surface area contributed by atoms with Crippen LogP contribution in [0.1, 0.15) is 36.1 Å². The van der Waals surface area contributed by atoms with E-state index in [4.69, 9.17) is 18.9 Å². The van der Waals surface area contributed by atoms with Gasteiger partial charge in [-0.05, 0) is 48.9 Å². The average molecular weight is 449 g/mol. The average Bonchev–Trinajstić information content (AvgIpc) is 2.78. The zero-order valence-corrected chi connectivity index (χ0v) is 19.2. The predicted octanol–water partition coefficient (Wildman–Crippen LogP) is 3.67. The molecule has 0 radical (unpaired) electrons. The number of carbonyl (C=O) groups excluding carboxylic acids is 2. The van der Waals surface area contributed by atoms with E-state index in [0.29, 0.717) is 65.6 Å². The molecule has 1 aromatic carbocycles. The van der Waals surface area contributed by atoms with E-state index in [-0.39, 0.29) is 0 Å². The highest BCUT2D eigenvalue weighted by Gasteiger charge is 2.14. The van der Waals surface area contributed by atoms with Gasteiger partial charge in [0, 0.05) is 13.1 Å².